The highest BCUT2D eigenvalue weighted by Crippen LogP contribution is 2.42. The normalized spacial score (nSPS) is 27.8. The van der Waals surface area contributed by atoms with Crippen molar-refractivity contribution in [3.8, 4) is 0 Å². The molecule has 0 bridgehead atoms. The maximum Gasteiger partial charge on any atom is 0.0615 e. The molecule has 0 aromatic heterocycles. The Morgan fingerprint density at radius 3 is 2.12 bits per heavy atom. The quantitative estimate of drug-likeness (QED) is 0.781. The zero-order valence-electron chi connectivity index (χ0n) is 11.1. The third-order valence-electron chi connectivity index (χ3n) is 4.86. The molecule has 94 valence electrons. The summed E-state index contributed by atoms with van der Waals surface area (Å²) < 4.78 is 0. The number of hydrogen-bond donors (Lipinski definition) is 1. The zero-order valence-corrected chi connectivity index (χ0v) is 11.1. The molecule has 1 aliphatic heterocycles. The van der Waals surface area contributed by atoms with Crippen molar-refractivity contribution in [2.75, 3.05) is 19.7 Å². The molecule has 0 aromatic carbocycles. The Bertz CT molecular complexity index is 232. The molecule has 2 rings (SSSR count). The molecule has 16 heavy (non-hydrogen) atoms. The van der Waals surface area contributed by atoms with Crippen LogP contribution in [0.25, 0.3) is 0 Å². The molecule has 1 saturated carbocycles. The summed E-state index contributed by atoms with van der Waals surface area (Å²) in [7, 11) is 0. The van der Waals surface area contributed by atoms with Crippen molar-refractivity contribution in [3.05, 3.63) is 0 Å². The molecule has 2 aliphatic rings. The third-order valence-corrected chi connectivity index (χ3v) is 4.86. The molecule has 0 aromatic rings. The largest absolute Gasteiger partial charge is 0.394 e. The van der Waals surface area contributed by atoms with Crippen LogP contribution in [0.15, 0.2) is 0 Å². The molecule has 1 saturated heterocycles. The van der Waals surface area contributed by atoms with Crippen molar-refractivity contribution in [1.82, 2.24) is 4.90 Å². The smallest absolute Gasteiger partial charge is 0.0615 e. The molecule has 1 heterocycles. The van der Waals surface area contributed by atoms with Crippen LogP contribution in [0.2, 0.25) is 0 Å². The number of rotatable bonds is 2. The minimum Gasteiger partial charge on any atom is -0.394 e. The van der Waals surface area contributed by atoms with Crippen LogP contribution < -0.4 is 0 Å². The van der Waals surface area contributed by atoms with Gasteiger partial charge in [-0.25, -0.2) is 0 Å². The Morgan fingerprint density at radius 1 is 1.12 bits per heavy atom. The second-order valence-electron chi connectivity index (χ2n) is 6.91. The van der Waals surface area contributed by atoms with E-state index in [9.17, 15) is 5.11 Å². The standard InChI is InChI=1S/C14H27NO/c1-13(2,3)12-9-15(10-12)14(11-16)7-5-4-6-8-14/h12,16H,4-11H2,1-3H3. The van der Waals surface area contributed by atoms with Gasteiger partial charge in [-0.3, -0.25) is 4.90 Å². The van der Waals surface area contributed by atoms with E-state index in [1.807, 2.05) is 0 Å². The molecular formula is C14H27NO. The van der Waals surface area contributed by atoms with Gasteiger partial charge >= 0.3 is 0 Å². The van der Waals surface area contributed by atoms with Crippen molar-refractivity contribution in [2.45, 2.75) is 58.4 Å². The second-order valence-corrected chi connectivity index (χ2v) is 6.91. The van der Waals surface area contributed by atoms with Crippen LogP contribution in [-0.4, -0.2) is 35.2 Å². The fraction of sp³-hybridized carbons (Fsp3) is 1.00. The van der Waals surface area contributed by atoms with Crippen LogP contribution in [0.3, 0.4) is 0 Å². The van der Waals surface area contributed by atoms with Gasteiger partial charge in [0, 0.05) is 18.6 Å². The lowest BCUT2D eigenvalue weighted by Gasteiger charge is -2.56. The SMILES string of the molecule is CC(C)(C)C1CN(C2(CO)CCCCC2)C1. The van der Waals surface area contributed by atoms with Crippen LogP contribution in [0.4, 0.5) is 0 Å². The zero-order chi connectivity index (χ0) is 11.8. The van der Waals surface area contributed by atoms with E-state index in [4.69, 9.17) is 0 Å². The first kappa shape index (κ1) is 12.4. The van der Waals surface area contributed by atoms with Crippen LogP contribution in [0.5, 0.6) is 0 Å². The van der Waals surface area contributed by atoms with Gasteiger partial charge in [-0.15, -0.1) is 0 Å². The van der Waals surface area contributed by atoms with Crippen molar-refractivity contribution < 1.29 is 5.11 Å². The summed E-state index contributed by atoms with van der Waals surface area (Å²) in [6.07, 6.45) is 6.38. The van der Waals surface area contributed by atoms with Gasteiger partial charge in [0.2, 0.25) is 0 Å². The number of aliphatic hydroxyl groups excluding tert-OH is 1. The topological polar surface area (TPSA) is 23.5 Å². The lowest BCUT2D eigenvalue weighted by Crippen LogP contribution is -2.64. The van der Waals surface area contributed by atoms with Gasteiger partial charge < -0.3 is 5.11 Å². The first-order valence-electron chi connectivity index (χ1n) is 6.84. The number of nitrogens with zero attached hydrogens (tertiary/aromatic N) is 1. The van der Waals surface area contributed by atoms with Gasteiger partial charge in [-0.05, 0) is 24.2 Å². The summed E-state index contributed by atoms with van der Waals surface area (Å²) in [6.45, 7) is 9.77. The predicted molar refractivity (Wildman–Crippen MR) is 67.4 cm³/mol. The van der Waals surface area contributed by atoms with E-state index in [2.05, 4.69) is 25.7 Å². The molecular weight excluding hydrogens is 198 g/mol. The molecule has 2 nitrogen and oxygen atoms in total. The highest BCUT2D eigenvalue weighted by molar-refractivity contribution is 5.00. The van der Waals surface area contributed by atoms with E-state index in [1.165, 1.54) is 45.2 Å². The van der Waals surface area contributed by atoms with E-state index in [-0.39, 0.29) is 5.54 Å². The fourth-order valence-corrected chi connectivity index (χ4v) is 3.20. The van der Waals surface area contributed by atoms with Crippen molar-refractivity contribution in [1.29, 1.82) is 0 Å². The number of aliphatic hydroxyl groups is 1. The molecule has 1 aliphatic carbocycles. The summed E-state index contributed by atoms with van der Waals surface area (Å²) in [6, 6.07) is 0. The summed E-state index contributed by atoms with van der Waals surface area (Å²) in [5.41, 5.74) is 0.585. The van der Waals surface area contributed by atoms with E-state index >= 15 is 0 Å². The molecule has 1 N–H and O–H groups in total. The van der Waals surface area contributed by atoms with Crippen molar-refractivity contribution in [3.63, 3.8) is 0 Å². The Morgan fingerprint density at radius 2 is 1.69 bits per heavy atom. The van der Waals surface area contributed by atoms with Gasteiger partial charge in [-0.1, -0.05) is 40.0 Å². The van der Waals surface area contributed by atoms with Gasteiger partial charge in [0.05, 0.1) is 6.61 Å². The Hall–Kier alpha value is -0.0800. The molecule has 0 radical (unpaired) electrons. The minimum atomic E-state index is 0.153. The highest BCUT2D eigenvalue weighted by Gasteiger charge is 2.46. The van der Waals surface area contributed by atoms with Crippen LogP contribution in [0.1, 0.15) is 52.9 Å². The van der Waals surface area contributed by atoms with Gasteiger partial charge in [-0.2, -0.15) is 0 Å². The molecule has 2 heteroatoms. The molecule has 2 fully saturated rings. The summed E-state index contributed by atoms with van der Waals surface area (Å²) in [5, 5.41) is 9.72. The number of likely N-dealkylation sites (tertiary alicyclic amines) is 1. The van der Waals surface area contributed by atoms with Gasteiger partial charge in [0.1, 0.15) is 0 Å². The maximum absolute atomic E-state index is 9.72. The molecule has 0 atom stereocenters. The Balaban J connectivity index is 1.93. The summed E-state index contributed by atoms with van der Waals surface area (Å²) in [5.74, 6) is 0.817. The fourth-order valence-electron chi connectivity index (χ4n) is 3.20. The van der Waals surface area contributed by atoms with E-state index < -0.39 is 0 Å². The monoisotopic (exact) mass is 225 g/mol. The summed E-state index contributed by atoms with van der Waals surface area (Å²) in [4.78, 5) is 2.56. The maximum atomic E-state index is 9.72. The van der Waals surface area contributed by atoms with Gasteiger partial charge in [0.15, 0.2) is 0 Å². The number of hydrogen-bond acceptors (Lipinski definition) is 2. The first-order chi connectivity index (χ1) is 7.48. The minimum absolute atomic E-state index is 0.153. The molecule has 0 unspecified atom stereocenters. The molecule has 0 spiro atoms. The van der Waals surface area contributed by atoms with Gasteiger partial charge in [0.25, 0.3) is 0 Å². The summed E-state index contributed by atoms with van der Waals surface area (Å²) >= 11 is 0. The molecule has 0 amide bonds. The van der Waals surface area contributed by atoms with E-state index in [0.717, 1.165) is 5.92 Å². The van der Waals surface area contributed by atoms with Crippen molar-refractivity contribution in [2.24, 2.45) is 11.3 Å². The lowest BCUT2D eigenvalue weighted by molar-refractivity contribution is -0.0929. The van der Waals surface area contributed by atoms with E-state index in [0.29, 0.717) is 12.0 Å². The van der Waals surface area contributed by atoms with Crippen LogP contribution in [0, 0.1) is 11.3 Å². The highest BCUT2D eigenvalue weighted by atomic mass is 16.3. The second kappa shape index (κ2) is 4.30. The van der Waals surface area contributed by atoms with Crippen LogP contribution in [-0.2, 0) is 0 Å². The van der Waals surface area contributed by atoms with Crippen LogP contribution >= 0.6 is 0 Å². The predicted octanol–water partition coefficient (Wildman–Crippen LogP) is 2.66. The average Bonchev–Trinajstić information content (AvgIpc) is 2.14. The Labute approximate surface area is 100 Å². The average molecular weight is 225 g/mol. The lowest BCUT2D eigenvalue weighted by atomic mass is 9.71. The third kappa shape index (κ3) is 2.14. The first-order valence-corrected chi connectivity index (χ1v) is 6.84. The van der Waals surface area contributed by atoms with E-state index in [1.54, 1.807) is 0 Å². The Kier molecular flexibility index (Phi) is 3.33. The van der Waals surface area contributed by atoms with Crippen molar-refractivity contribution >= 4 is 0 Å².